The van der Waals surface area contributed by atoms with Gasteiger partial charge in [0.05, 0.1) is 11.7 Å². The molecule has 5 saturated carbocycles. The van der Waals surface area contributed by atoms with Crippen LogP contribution in [0.15, 0.2) is 30.0 Å². The molecular weight excluding hydrogens is 615 g/mol. The van der Waals surface area contributed by atoms with Crippen molar-refractivity contribution in [3.05, 3.63) is 35.5 Å². The lowest BCUT2D eigenvalue weighted by Crippen LogP contribution is -2.68. The van der Waals surface area contributed by atoms with Crippen LogP contribution in [0.1, 0.15) is 70.3 Å². The molecule has 0 radical (unpaired) electrons. The lowest BCUT2D eigenvalue weighted by atomic mass is 9.46. The number of amides is 3. The number of allylic oxidation sites excluding steroid dienone is 1. The van der Waals surface area contributed by atoms with Gasteiger partial charge in [0.2, 0.25) is 11.8 Å². The second kappa shape index (κ2) is 10.6. The Kier molecular flexibility index (Phi) is 7.12. The summed E-state index contributed by atoms with van der Waals surface area (Å²) in [4.78, 5) is 54.1. The molecule has 250 valence electrons. The summed E-state index contributed by atoms with van der Waals surface area (Å²) in [5.41, 5.74) is -0.793. The van der Waals surface area contributed by atoms with Gasteiger partial charge < -0.3 is 26.0 Å². The van der Waals surface area contributed by atoms with Gasteiger partial charge >= 0.3 is 12.1 Å². The van der Waals surface area contributed by atoms with Crippen molar-refractivity contribution in [3.63, 3.8) is 0 Å². The highest BCUT2D eigenvalue weighted by Crippen LogP contribution is 2.66. The van der Waals surface area contributed by atoms with Gasteiger partial charge in [0.25, 0.3) is 0 Å². The van der Waals surface area contributed by atoms with Gasteiger partial charge in [-0.1, -0.05) is 32.0 Å². The number of para-hydroxylation sites is 1. The Morgan fingerprint density at radius 2 is 1.81 bits per heavy atom. The summed E-state index contributed by atoms with van der Waals surface area (Å²) in [6.45, 7) is 4.05. The normalized spacial score (nSPS) is 36.7. The van der Waals surface area contributed by atoms with Crippen LogP contribution in [0.3, 0.4) is 0 Å². The molecule has 1 aromatic rings. The summed E-state index contributed by atoms with van der Waals surface area (Å²) in [5, 5.41) is 29.2. The van der Waals surface area contributed by atoms with Gasteiger partial charge in [0.15, 0.2) is 0 Å². The minimum Gasteiger partial charge on any atom is -0.390 e. The number of halogens is 3. The standard InChI is InChI=1S/C34H38F3N5O5/c1-31(2)22-14-42(26(25(22)31)28(44)39-19(13-38)8-21-20-5-3-4-6-23(20)40-24(21)15-43)29(45)27(41-30(46)34(35,36)37)32-9-17-7-18(10-32)12-33(47,11-17)16-32/h3-6,17-19,21-22,25-27,40,47H,7-12,14,16H2,1-2H3,(H,39,44)(H,41,46)/t17-,18+,19-,21?,22-,25-,26-,27+,32?,33?/m0/s1. The molecule has 4 bridgehead atoms. The molecule has 7 aliphatic rings. The summed E-state index contributed by atoms with van der Waals surface area (Å²) < 4.78 is 41.0. The fraction of sp³-hybridized carbons (Fsp3) is 0.647. The number of nitrogens with zero attached hydrogens (tertiary/aromatic N) is 2. The van der Waals surface area contributed by atoms with Crippen molar-refractivity contribution in [1.82, 2.24) is 15.5 Å². The van der Waals surface area contributed by atoms with Crippen molar-refractivity contribution in [1.29, 1.82) is 5.26 Å². The Morgan fingerprint density at radius 1 is 1.13 bits per heavy atom. The van der Waals surface area contributed by atoms with Gasteiger partial charge in [-0.05, 0) is 85.7 Å². The minimum atomic E-state index is -5.23. The number of nitrogens with one attached hydrogen (secondary N) is 3. The van der Waals surface area contributed by atoms with Crippen LogP contribution < -0.4 is 16.0 Å². The molecule has 10 nitrogen and oxygen atoms in total. The molecule has 3 unspecified atom stereocenters. The molecule has 4 N–H and O–H groups in total. The van der Waals surface area contributed by atoms with Gasteiger partial charge in [0, 0.05) is 23.6 Å². The van der Waals surface area contributed by atoms with Crippen molar-refractivity contribution >= 4 is 29.4 Å². The molecule has 6 fully saturated rings. The SMILES string of the molecule is CC1(C)[C@@H]2[C@@H](C(=O)N[C@H](C#N)CC3C(=C=O)Nc4ccccc43)N(C(=O)[C@@H](NC(=O)C(F)(F)F)C34C[C@@H]5C[C@@H](CC(O)(C5)C3)C4)C[C@@H]21. The number of fused-ring (bicyclic) bond motifs is 2. The van der Waals surface area contributed by atoms with E-state index in [-0.39, 0.29) is 54.2 Å². The molecule has 1 aromatic carbocycles. The molecule has 2 aliphatic heterocycles. The molecular formula is C34H38F3N5O5. The summed E-state index contributed by atoms with van der Waals surface area (Å²) in [6, 6.07) is 5.60. The van der Waals surface area contributed by atoms with Crippen LogP contribution in [0, 0.1) is 45.8 Å². The maximum Gasteiger partial charge on any atom is 0.471 e. The fourth-order valence-electron chi connectivity index (χ4n) is 10.6. The third kappa shape index (κ3) is 5.12. The highest BCUT2D eigenvalue weighted by Gasteiger charge is 2.71. The van der Waals surface area contributed by atoms with Gasteiger partial charge in [0.1, 0.15) is 29.8 Å². The third-order valence-corrected chi connectivity index (χ3v) is 12.2. The number of carbonyl (C=O) groups excluding carboxylic acids is 4. The average Bonchev–Trinajstić information content (AvgIpc) is 3.31. The Labute approximate surface area is 270 Å². The summed E-state index contributed by atoms with van der Waals surface area (Å²) in [5.74, 6) is -2.57. The van der Waals surface area contributed by atoms with E-state index in [1.807, 2.05) is 31.2 Å². The highest BCUT2D eigenvalue weighted by atomic mass is 19.4. The maximum atomic E-state index is 14.5. The molecule has 8 rings (SSSR count). The van der Waals surface area contributed by atoms with Crippen molar-refractivity contribution in [2.24, 2.45) is 34.5 Å². The molecule has 13 heteroatoms. The van der Waals surface area contributed by atoms with Crippen LogP contribution in [0.2, 0.25) is 0 Å². The van der Waals surface area contributed by atoms with Gasteiger partial charge in [-0.3, -0.25) is 14.4 Å². The predicted molar refractivity (Wildman–Crippen MR) is 160 cm³/mol. The fourth-order valence-corrected chi connectivity index (χ4v) is 10.6. The number of nitriles is 1. The van der Waals surface area contributed by atoms with E-state index in [1.54, 1.807) is 18.2 Å². The van der Waals surface area contributed by atoms with Crippen LogP contribution in [-0.4, -0.2) is 70.1 Å². The Morgan fingerprint density at radius 3 is 2.43 bits per heavy atom. The number of hydrogen-bond donors (Lipinski definition) is 4. The topological polar surface area (TPSA) is 152 Å². The number of benzene rings is 1. The Hall–Kier alpha value is -3.88. The van der Waals surface area contributed by atoms with Crippen molar-refractivity contribution in [2.75, 3.05) is 11.9 Å². The van der Waals surface area contributed by atoms with E-state index in [4.69, 9.17) is 0 Å². The zero-order chi connectivity index (χ0) is 33.7. The van der Waals surface area contributed by atoms with E-state index < -0.39 is 59.0 Å². The molecule has 10 atom stereocenters. The van der Waals surface area contributed by atoms with E-state index in [9.17, 15) is 42.7 Å². The number of aliphatic hydroxyl groups is 1. The first kappa shape index (κ1) is 31.7. The van der Waals surface area contributed by atoms with Gasteiger partial charge in [-0.25, -0.2) is 4.79 Å². The average molecular weight is 654 g/mol. The molecule has 2 heterocycles. The molecule has 3 amide bonds. The van der Waals surface area contributed by atoms with Crippen molar-refractivity contribution < 1.29 is 37.5 Å². The first-order valence-electron chi connectivity index (χ1n) is 16.3. The van der Waals surface area contributed by atoms with E-state index in [1.165, 1.54) is 4.90 Å². The number of anilines is 1. The molecule has 47 heavy (non-hydrogen) atoms. The van der Waals surface area contributed by atoms with Crippen LogP contribution in [0.25, 0.3) is 0 Å². The second-order valence-electron chi connectivity index (χ2n) is 15.5. The van der Waals surface area contributed by atoms with Crippen molar-refractivity contribution in [2.45, 2.75) is 94.6 Å². The Balaban J connectivity index is 1.17. The number of carbonyl (C=O) groups is 3. The lowest BCUT2D eigenvalue weighted by Gasteiger charge is -2.62. The largest absolute Gasteiger partial charge is 0.471 e. The zero-order valence-corrected chi connectivity index (χ0v) is 26.2. The molecule has 0 spiro atoms. The molecule has 0 aromatic heterocycles. The number of alkyl halides is 3. The lowest BCUT2D eigenvalue weighted by molar-refractivity contribution is -0.191. The van der Waals surface area contributed by atoms with E-state index in [0.29, 0.717) is 31.4 Å². The van der Waals surface area contributed by atoms with Gasteiger partial charge in [-0.2, -0.15) is 18.4 Å². The number of likely N-dealkylation sites (tertiary alicyclic amines) is 1. The quantitative estimate of drug-likeness (QED) is 0.330. The first-order valence-corrected chi connectivity index (χ1v) is 16.3. The first-order chi connectivity index (χ1) is 22.1. The number of piperidine rings is 1. The highest BCUT2D eigenvalue weighted by molar-refractivity contribution is 5.95. The van der Waals surface area contributed by atoms with Crippen LogP contribution in [0.5, 0.6) is 0 Å². The predicted octanol–water partition coefficient (Wildman–Crippen LogP) is 3.17. The summed E-state index contributed by atoms with van der Waals surface area (Å²) in [6.07, 6.45) is -2.40. The van der Waals surface area contributed by atoms with Crippen LogP contribution in [0.4, 0.5) is 18.9 Å². The summed E-state index contributed by atoms with van der Waals surface area (Å²) >= 11 is 0. The van der Waals surface area contributed by atoms with Crippen molar-refractivity contribution in [3.8, 4) is 6.07 Å². The second-order valence-corrected chi connectivity index (χ2v) is 15.5. The Bertz CT molecular complexity index is 1620. The van der Waals surface area contributed by atoms with E-state index in [0.717, 1.165) is 12.0 Å². The maximum absolute atomic E-state index is 14.5. The minimum absolute atomic E-state index is 0.0289. The third-order valence-electron chi connectivity index (χ3n) is 12.2. The van der Waals surface area contributed by atoms with Crippen LogP contribution >= 0.6 is 0 Å². The van der Waals surface area contributed by atoms with Crippen LogP contribution in [-0.2, 0) is 19.2 Å². The monoisotopic (exact) mass is 653 g/mol. The summed E-state index contributed by atoms with van der Waals surface area (Å²) in [7, 11) is 0. The zero-order valence-electron chi connectivity index (χ0n) is 26.2. The smallest absolute Gasteiger partial charge is 0.390 e. The number of rotatable bonds is 7. The van der Waals surface area contributed by atoms with E-state index >= 15 is 0 Å². The van der Waals surface area contributed by atoms with E-state index in [2.05, 4.69) is 16.7 Å². The van der Waals surface area contributed by atoms with Gasteiger partial charge in [-0.15, -0.1) is 0 Å². The molecule has 5 aliphatic carbocycles. The number of hydrogen-bond acceptors (Lipinski definition) is 7. The molecule has 1 saturated heterocycles.